The molecule has 27 heavy (non-hydrogen) atoms. The number of carbonyl (C=O) groups excluding carboxylic acids is 4. The number of hydrogen-bond acceptors (Lipinski definition) is 8. The molecule has 0 heterocycles. The molecule has 8 nitrogen and oxygen atoms in total. The number of methoxy groups -OCH3 is 2. The van der Waals surface area contributed by atoms with E-state index in [1.54, 1.807) is 0 Å². The molecule has 0 saturated heterocycles. The average molecular weight is 560 g/mol. The van der Waals surface area contributed by atoms with Crippen molar-refractivity contribution in [1.29, 1.82) is 0 Å². The molecule has 0 aromatic heterocycles. The number of hydrogen-bond donors (Lipinski definition) is 2. The summed E-state index contributed by atoms with van der Waals surface area (Å²) >= 11 is 2.08. The molecule has 0 fully saturated rings. The zero-order chi connectivity index (χ0) is 21.5. The van der Waals surface area contributed by atoms with Gasteiger partial charge >= 0.3 is 46.9 Å². The van der Waals surface area contributed by atoms with Crippen LogP contribution in [0, 0.1) is 0 Å². The van der Waals surface area contributed by atoms with Crippen molar-refractivity contribution in [2.24, 2.45) is 0 Å². The molecule has 0 radical (unpaired) electrons. The Labute approximate surface area is 185 Å². The molecule has 0 unspecified atom stereocenters. The minimum absolute atomic E-state index is 0.0959. The van der Waals surface area contributed by atoms with E-state index in [-0.39, 0.29) is 51.2 Å². The van der Waals surface area contributed by atoms with Crippen LogP contribution in [0.4, 0.5) is 9.59 Å². The molecule has 0 aliphatic carbocycles. The van der Waals surface area contributed by atoms with Crippen molar-refractivity contribution in [2.75, 3.05) is 38.8 Å². The van der Waals surface area contributed by atoms with E-state index in [4.69, 9.17) is 19.1 Å². The summed E-state index contributed by atoms with van der Waals surface area (Å²) in [6.45, 7) is 4.92. The third-order valence-electron chi connectivity index (χ3n) is 2.18. The second-order valence-corrected chi connectivity index (χ2v) is 8.53. The van der Waals surface area contributed by atoms with Gasteiger partial charge in [-0.15, -0.1) is 0 Å². The zero-order valence-corrected chi connectivity index (χ0v) is 20.3. The van der Waals surface area contributed by atoms with Gasteiger partial charge < -0.3 is 20.1 Å². The molecule has 0 aromatic rings. The summed E-state index contributed by atoms with van der Waals surface area (Å²) in [5.41, 5.74) is 0. The summed E-state index contributed by atoms with van der Waals surface area (Å²) in [5.74, 6) is 0.371. The van der Waals surface area contributed by atoms with E-state index >= 15 is 0 Å². The second kappa shape index (κ2) is 25.8. The number of nitrogens with one attached hydrogen (secondary N) is 2. The summed E-state index contributed by atoms with van der Waals surface area (Å²) in [4.78, 5) is 42.8. The van der Waals surface area contributed by atoms with Gasteiger partial charge in [0.2, 0.25) is 0 Å². The van der Waals surface area contributed by atoms with Crippen molar-refractivity contribution in [3.05, 3.63) is 0 Å². The third kappa shape index (κ3) is 30.8. The van der Waals surface area contributed by atoms with Crippen LogP contribution in [-0.2, 0) is 35.0 Å². The fourth-order valence-corrected chi connectivity index (χ4v) is 2.45. The molecular formula is C14H26Cl2N2O6PdS2. The Morgan fingerprint density at radius 1 is 0.815 bits per heavy atom. The molecule has 2 amide bonds. The second-order valence-electron chi connectivity index (χ2n) is 4.03. The summed E-state index contributed by atoms with van der Waals surface area (Å²) in [7, 11) is 12.3. The first-order chi connectivity index (χ1) is 12.8. The quantitative estimate of drug-likeness (QED) is 0.344. The number of ether oxygens (including phenoxy) is 2. The van der Waals surface area contributed by atoms with Crippen LogP contribution in [0.1, 0.15) is 26.7 Å². The van der Waals surface area contributed by atoms with Gasteiger partial charge in [-0.1, -0.05) is 23.5 Å². The fraction of sp³-hybridized carbons (Fsp3) is 0.714. The molecule has 2 N–H and O–H groups in total. The first-order valence-corrected chi connectivity index (χ1v) is 13.6. The predicted octanol–water partition coefficient (Wildman–Crippen LogP) is 3.40. The Kier molecular flexibility index (Phi) is 30.1. The summed E-state index contributed by atoms with van der Waals surface area (Å²) in [6.07, 6.45) is 0.552. The van der Waals surface area contributed by atoms with Gasteiger partial charge in [0.05, 0.1) is 27.1 Å². The van der Waals surface area contributed by atoms with Crippen LogP contribution in [0.5, 0.6) is 0 Å². The van der Waals surface area contributed by atoms with Gasteiger partial charge in [0.1, 0.15) is 0 Å². The topological polar surface area (TPSA) is 111 Å². The van der Waals surface area contributed by atoms with E-state index in [1.807, 2.05) is 13.8 Å². The Balaban J connectivity index is -0.000000372. The number of thioether (sulfide) groups is 2. The Morgan fingerprint density at radius 3 is 1.33 bits per heavy atom. The van der Waals surface area contributed by atoms with E-state index < -0.39 is 0 Å². The van der Waals surface area contributed by atoms with Gasteiger partial charge in [-0.3, -0.25) is 19.2 Å². The normalized spacial score (nSPS) is 8.96. The van der Waals surface area contributed by atoms with E-state index in [9.17, 15) is 19.2 Å². The molecule has 0 atom stereocenters. The molecule has 0 aromatic carbocycles. The van der Waals surface area contributed by atoms with E-state index in [1.165, 1.54) is 14.2 Å². The number of amides is 2. The van der Waals surface area contributed by atoms with Crippen LogP contribution in [0.25, 0.3) is 0 Å². The zero-order valence-electron chi connectivity index (χ0n) is 15.6. The van der Waals surface area contributed by atoms with E-state index in [0.29, 0.717) is 24.6 Å². The average Bonchev–Trinajstić information content (AvgIpc) is 2.63. The van der Waals surface area contributed by atoms with E-state index in [2.05, 4.69) is 20.1 Å². The molecule has 0 saturated carbocycles. The number of esters is 2. The summed E-state index contributed by atoms with van der Waals surface area (Å²) in [6, 6.07) is 0. The number of rotatable bonds is 8. The van der Waals surface area contributed by atoms with Gasteiger partial charge in [-0.05, 0) is 13.8 Å². The molecule has 0 spiro atoms. The minimum atomic E-state index is -0.285. The molecule has 0 aliphatic rings. The van der Waals surface area contributed by atoms with Crippen molar-refractivity contribution in [2.45, 2.75) is 26.7 Å². The van der Waals surface area contributed by atoms with Crippen molar-refractivity contribution in [3.8, 4) is 0 Å². The number of carbonyl (C=O) groups is 4. The van der Waals surface area contributed by atoms with Gasteiger partial charge in [0.25, 0.3) is 10.5 Å². The summed E-state index contributed by atoms with van der Waals surface area (Å²) < 4.78 is 8.82. The third-order valence-corrected chi connectivity index (χ3v) is 3.81. The molecular weight excluding hydrogens is 534 g/mol. The van der Waals surface area contributed by atoms with Crippen molar-refractivity contribution >= 4 is 65.0 Å². The van der Waals surface area contributed by atoms with Gasteiger partial charge in [-0.2, -0.15) is 0 Å². The molecule has 0 bridgehead atoms. The van der Waals surface area contributed by atoms with Gasteiger partial charge in [0.15, 0.2) is 0 Å². The van der Waals surface area contributed by atoms with Crippen LogP contribution >= 0.6 is 42.6 Å². The van der Waals surface area contributed by atoms with Crippen molar-refractivity contribution < 1.29 is 44.6 Å². The maximum atomic E-state index is 10.8. The van der Waals surface area contributed by atoms with Crippen molar-refractivity contribution in [1.82, 2.24) is 10.6 Å². The molecule has 13 heteroatoms. The molecule has 0 aliphatic heterocycles. The Morgan fingerprint density at radius 2 is 1.11 bits per heavy atom. The first-order valence-electron chi connectivity index (χ1n) is 7.59. The van der Waals surface area contributed by atoms with Crippen LogP contribution in [-0.4, -0.2) is 61.2 Å². The van der Waals surface area contributed by atoms with Crippen LogP contribution in [0.3, 0.4) is 0 Å². The molecule has 0 rings (SSSR count). The Bertz CT molecular complexity index is 387. The SMILES string of the molecule is CCNC(=O)SCCC(=O)OC.CCNC(=O)SCCC(=O)OC.[Cl][Pd][Cl]. The number of halogens is 2. The van der Waals surface area contributed by atoms with Gasteiger partial charge in [0, 0.05) is 24.6 Å². The standard InChI is InChI=1S/2C7H13NO3S.2ClH.Pd/c2*1-3-8-7(10)12-5-4-6(9)11-2;;;/h2*3-5H2,1-2H3,(H,8,10);2*1H;/q;;;;+2/p-2. The van der Waals surface area contributed by atoms with Gasteiger partial charge in [-0.25, -0.2) is 0 Å². The fourth-order valence-electron chi connectivity index (χ4n) is 1.05. The van der Waals surface area contributed by atoms with Crippen LogP contribution in [0.2, 0.25) is 0 Å². The maximum absolute atomic E-state index is 10.8. The van der Waals surface area contributed by atoms with E-state index in [0.717, 1.165) is 23.5 Å². The molecule has 164 valence electrons. The van der Waals surface area contributed by atoms with Crippen LogP contribution < -0.4 is 10.6 Å². The predicted molar refractivity (Wildman–Crippen MR) is 108 cm³/mol. The van der Waals surface area contributed by atoms with Crippen molar-refractivity contribution in [3.63, 3.8) is 0 Å². The Hall–Kier alpha value is -0.178. The van der Waals surface area contributed by atoms with Crippen LogP contribution in [0.15, 0.2) is 0 Å². The first kappa shape index (κ1) is 31.5. The summed E-state index contributed by atoms with van der Waals surface area (Å²) in [5, 5.41) is 5.03. The monoisotopic (exact) mass is 558 g/mol.